The van der Waals surface area contributed by atoms with Crippen LogP contribution in [0.2, 0.25) is 0 Å². The summed E-state index contributed by atoms with van der Waals surface area (Å²) < 4.78 is 6.81. The van der Waals surface area contributed by atoms with Gasteiger partial charge in [0.15, 0.2) is 0 Å². The molecule has 7 heteroatoms. The minimum atomic E-state index is -0.538. The molecule has 2 aromatic carbocycles. The smallest absolute Gasteiger partial charge is 0.407 e. The van der Waals surface area contributed by atoms with Gasteiger partial charge in [0.2, 0.25) is 0 Å². The van der Waals surface area contributed by atoms with Crippen LogP contribution < -0.4 is 16.2 Å². The Morgan fingerprint density at radius 2 is 1.70 bits per heavy atom. The van der Waals surface area contributed by atoms with Crippen LogP contribution in [0.25, 0.3) is 22.4 Å². The molecular weight excluding hydrogens is 418 g/mol. The summed E-state index contributed by atoms with van der Waals surface area (Å²) in [5, 5.41) is 5.52. The van der Waals surface area contributed by atoms with Crippen LogP contribution in [0.4, 0.5) is 4.79 Å². The highest BCUT2D eigenvalue weighted by atomic mass is 16.5. The van der Waals surface area contributed by atoms with Gasteiger partial charge in [0, 0.05) is 16.7 Å². The summed E-state index contributed by atoms with van der Waals surface area (Å²) in [6.07, 6.45) is -0.538. The van der Waals surface area contributed by atoms with E-state index in [1.54, 1.807) is 10.6 Å². The average molecular weight is 446 g/mol. The van der Waals surface area contributed by atoms with E-state index in [1.807, 2.05) is 75.4 Å². The fraction of sp³-hybridized carbons (Fsp3) is 0.269. The summed E-state index contributed by atoms with van der Waals surface area (Å²) in [6, 6.07) is 18.7. The summed E-state index contributed by atoms with van der Waals surface area (Å²) in [5.41, 5.74) is 3.58. The lowest BCUT2D eigenvalue weighted by Crippen LogP contribution is -2.41. The number of aromatic nitrogens is 1. The van der Waals surface area contributed by atoms with Gasteiger partial charge < -0.3 is 19.9 Å². The fourth-order valence-corrected chi connectivity index (χ4v) is 3.91. The number of fused-ring (bicyclic) bond motifs is 3. The highest BCUT2D eigenvalue weighted by Crippen LogP contribution is 2.34. The molecule has 2 amide bonds. The predicted molar refractivity (Wildman–Crippen MR) is 127 cm³/mol. The number of ether oxygens (including phenoxy) is 1. The van der Waals surface area contributed by atoms with Crippen LogP contribution in [0, 0.1) is 0 Å². The molecule has 0 aliphatic carbocycles. The number of carbonyl (C=O) groups is 2. The van der Waals surface area contributed by atoms with Crippen molar-refractivity contribution in [1.82, 2.24) is 15.2 Å². The number of benzene rings is 2. The Kier molecular flexibility index (Phi) is 6.05. The van der Waals surface area contributed by atoms with E-state index in [-0.39, 0.29) is 24.6 Å². The van der Waals surface area contributed by atoms with Gasteiger partial charge in [-0.15, -0.1) is 0 Å². The quantitative estimate of drug-likeness (QED) is 0.457. The number of alkyl carbamates (subject to hydrolysis) is 1. The Hall–Kier alpha value is -3.87. The molecule has 3 aromatic rings. The average Bonchev–Trinajstić information content (AvgIpc) is 3.17. The molecule has 1 aromatic heterocycles. The van der Waals surface area contributed by atoms with Gasteiger partial charge in [0.1, 0.15) is 6.61 Å². The van der Waals surface area contributed by atoms with Gasteiger partial charge in [0.05, 0.1) is 24.3 Å². The molecule has 0 saturated heterocycles. The van der Waals surface area contributed by atoms with Gasteiger partial charge in [0.25, 0.3) is 11.5 Å². The number of carbonyl (C=O) groups excluding carboxylic acids is 2. The summed E-state index contributed by atoms with van der Waals surface area (Å²) in [7, 11) is 0. The molecule has 0 unspecified atom stereocenters. The topological polar surface area (TPSA) is 89.4 Å². The van der Waals surface area contributed by atoms with E-state index in [4.69, 9.17) is 4.74 Å². The normalized spacial score (nSPS) is 12.0. The van der Waals surface area contributed by atoms with E-state index in [1.165, 1.54) is 0 Å². The van der Waals surface area contributed by atoms with Gasteiger partial charge in [-0.2, -0.15) is 0 Å². The van der Waals surface area contributed by atoms with Crippen LogP contribution in [0.15, 0.2) is 65.5 Å². The first-order valence-electron chi connectivity index (χ1n) is 10.9. The molecule has 0 atom stereocenters. The Bertz CT molecular complexity index is 1260. The standard InChI is InChI=1S/C26H27N3O4/c1-26(2,3)28-25(32)33-14-13-27-23(30)21-15-20(17-9-5-4-6-10-17)24(31)29-16-18-11-7-8-12-19(18)22(21)29/h4-12,15H,13-14,16H2,1-3H3,(H,27,30)(H,28,32). The summed E-state index contributed by atoms with van der Waals surface area (Å²) >= 11 is 0. The molecule has 0 radical (unpaired) electrons. The molecule has 0 bridgehead atoms. The summed E-state index contributed by atoms with van der Waals surface area (Å²) in [6.45, 7) is 6.17. The molecular formula is C26H27N3O4. The lowest BCUT2D eigenvalue weighted by Gasteiger charge is -2.20. The van der Waals surface area contributed by atoms with Crippen LogP contribution in [-0.4, -0.2) is 35.3 Å². The van der Waals surface area contributed by atoms with E-state index >= 15 is 0 Å². The van der Waals surface area contributed by atoms with Crippen LogP contribution in [-0.2, 0) is 11.3 Å². The molecule has 0 fully saturated rings. The highest BCUT2D eigenvalue weighted by molar-refractivity contribution is 6.02. The number of amides is 2. The van der Waals surface area contributed by atoms with E-state index in [0.29, 0.717) is 23.4 Å². The van der Waals surface area contributed by atoms with Crippen molar-refractivity contribution in [1.29, 1.82) is 0 Å². The third kappa shape index (κ3) is 4.82. The van der Waals surface area contributed by atoms with Gasteiger partial charge in [-0.25, -0.2) is 4.79 Å². The fourth-order valence-electron chi connectivity index (χ4n) is 3.91. The van der Waals surface area contributed by atoms with Gasteiger partial charge in [-0.05, 0) is 38.0 Å². The molecule has 4 rings (SSSR count). The minimum absolute atomic E-state index is 0.0325. The number of hydrogen-bond acceptors (Lipinski definition) is 4. The first-order valence-corrected chi connectivity index (χ1v) is 10.9. The van der Waals surface area contributed by atoms with Crippen molar-refractivity contribution >= 4 is 12.0 Å². The van der Waals surface area contributed by atoms with E-state index in [0.717, 1.165) is 16.7 Å². The summed E-state index contributed by atoms with van der Waals surface area (Å²) in [5.74, 6) is -0.326. The second-order valence-electron chi connectivity index (χ2n) is 9.00. The monoisotopic (exact) mass is 445 g/mol. The maximum Gasteiger partial charge on any atom is 0.407 e. The van der Waals surface area contributed by atoms with Crippen LogP contribution in [0.1, 0.15) is 36.7 Å². The zero-order valence-corrected chi connectivity index (χ0v) is 19.0. The van der Waals surface area contributed by atoms with Crippen molar-refractivity contribution in [3.8, 4) is 22.4 Å². The Morgan fingerprint density at radius 3 is 2.42 bits per heavy atom. The molecule has 1 aliphatic rings. The van der Waals surface area contributed by atoms with Crippen molar-refractivity contribution in [2.45, 2.75) is 32.9 Å². The molecule has 0 saturated carbocycles. The Morgan fingerprint density at radius 1 is 1.00 bits per heavy atom. The van der Waals surface area contributed by atoms with E-state index in [2.05, 4.69) is 10.6 Å². The minimum Gasteiger partial charge on any atom is -0.448 e. The molecule has 7 nitrogen and oxygen atoms in total. The van der Waals surface area contributed by atoms with Gasteiger partial charge in [-0.1, -0.05) is 54.6 Å². The Balaban J connectivity index is 1.61. The van der Waals surface area contributed by atoms with E-state index in [9.17, 15) is 14.4 Å². The highest BCUT2D eigenvalue weighted by Gasteiger charge is 2.27. The van der Waals surface area contributed by atoms with Crippen molar-refractivity contribution in [2.24, 2.45) is 0 Å². The molecule has 170 valence electrons. The van der Waals surface area contributed by atoms with Gasteiger partial charge in [-0.3, -0.25) is 9.59 Å². The SMILES string of the molecule is CC(C)(C)NC(=O)OCCNC(=O)c1cc(-c2ccccc2)c(=O)n2c1-c1ccccc1C2. The molecule has 1 aliphatic heterocycles. The molecule has 2 heterocycles. The van der Waals surface area contributed by atoms with Crippen molar-refractivity contribution in [3.63, 3.8) is 0 Å². The first kappa shape index (κ1) is 22.3. The lowest BCUT2D eigenvalue weighted by molar-refractivity contribution is 0.0931. The maximum absolute atomic E-state index is 13.3. The Labute approximate surface area is 192 Å². The van der Waals surface area contributed by atoms with Crippen molar-refractivity contribution in [2.75, 3.05) is 13.2 Å². The lowest BCUT2D eigenvalue weighted by atomic mass is 9.99. The number of rotatable bonds is 5. The zero-order chi connectivity index (χ0) is 23.6. The van der Waals surface area contributed by atoms with Crippen LogP contribution in [0.5, 0.6) is 0 Å². The zero-order valence-electron chi connectivity index (χ0n) is 19.0. The molecule has 0 spiro atoms. The second-order valence-corrected chi connectivity index (χ2v) is 9.00. The van der Waals surface area contributed by atoms with Gasteiger partial charge >= 0.3 is 6.09 Å². The van der Waals surface area contributed by atoms with Crippen LogP contribution >= 0.6 is 0 Å². The van der Waals surface area contributed by atoms with E-state index < -0.39 is 11.6 Å². The third-order valence-corrected chi connectivity index (χ3v) is 5.32. The first-order chi connectivity index (χ1) is 15.7. The van der Waals surface area contributed by atoms with Crippen molar-refractivity contribution < 1.29 is 14.3 Å². The number of nitrogens with zero attached hydrogens (tertiary/aromatic N) is 1. The molecule has 2 N–H and O–H groups in total. The largest absolute Gasteiger partial charge is 0.448 e. The van der Waals surface area contributed by atoms with Crippen LogP contribution in [0.3, 0.4) is 0 Å². The third-order valence-electron chi connectivity index (χ3n) is 5.32. The second kappa shape index (κ2) is 8.94. The maximum atomic E-state index is 13.3. The predicted octanol–water partition coefficient (Wildman–Crippen LogP) is 3.80. The van der Waals surface area contributed by atoms with Crippen molar-refractivity contribution in [3.05, 3.63) is 82.1 Å². The summed E-state index contributed by atoms with van der Waals surface area (Å²) in [4.78, 5) is 38.3. The molecule has 33 heavy (non-hydrogen) atoms. The number of pyridine rings is 1. The number of hydrogen-bond donors (Lipinski definition) is 2. The number of nitrogens with one attached hydrogen (secondary N) is 2.